The van der Waals surface area contributed by atoms with Crippen LogP contribution >= 0.6 is 0 Å². The maximum Gasteiger partial charge on any atom is 0.261 e. The molecule has 1 aromatic carbocycles. The summed E-state index contributed by atoms with van der Waals surface area (Å²) in [5.41, 5.74) is 2.74. The van der Waals surface area contributed by atoms with Crippen LogP contribution < -0.4 is 10.2 Å². The van der Waals surface area contributed by atoms with Gasteiger partial charge in [0.25, 0.3) is 5.91 Å². The Kier molecular flexibility index (Phi) is 4.55. The molecular weight excluding hydrogens is 288 g/mol. The Bertz CT molecular complexity index is 682. The van der Waals surface area contributed by atoms with Gasteiger partial charge in [-0.25, -0.2) is 9.97 Å². The molecule has 1 N–H and O–H groups in total. The maximum absolute atomic E-state index is 12.6. The molecule has 2 heterocycles. The zero-order valence-electron chi connectivity index (χ0n) is 13.6. The van der Waals surface area contributed by atoms with E-state index < -0.39 is 0 Å². The molecule has 0 aliphatic carbocycles. The highest BCUT2D eigenvalue weighted by molar-refractivity contribution is 6.06. The zero-order chi connectivity index (χ0) is 16.2. The van der Waals surface area contributed by atoms with Gasteiger partial charge in [-0.3, -0.25) is 4.79 Å². The Morgan fingerprint density at radius 1 is 1.26 bits per heavy atom. The van der Waals surface area contributed by atoms with Gasteiger partial charge < -0.3 is 10.2 Å². The lowest BCUT2D eigenvalue weighted by Crippen LogP contribution is -2.29. The Labute approximate surface area is 136 Å². The number of amides is 1. The van der Waals surface area contributed by atoms with Crippen molar-refractivity contribution in [3.63, 3.8) is 0 Å². The van der Waals surface area contributed by atoms with E-state index in [0.717, 1.165) is 25.1 Å². The molecule has 0 unspecified atom stereocenters. The van der Waals surface area contributed by atoms with E-state index in [9.17, 15) is 4.79 Å². The third-order valence-electron chi connectivity index (χ3n) is 4.04. The van der Waals surface area contributed by atoms with Crippen molar-refractivity contribution in [1.29, 1.82) is 0 Å². The zero-order valence-corrected chi connectivity index (χ0v) is 13.6. The minimum atomic E-state index is -0.0383. The number of anilines is 2. The normalized spacial score (nSPS) is 13.3. The lowest BCUT2D eigenvalue weighted by Gasteiger charge is -2.17. The maximum atomic E-state index is 12.6. The van der Waals surface area contributed by atoms with Crippen molar-refractivity contribution in [2.75, 3.05) is 23.3 Å². The average Bonchev–Trinajstić information content (AvgIpc) is 2.98. The number of fused-ring (bicyclic) bond motifs is 1. The van der Waals surface area contributed by atoms with Crippen molar-refractivity contribution in [2.24, 2.45) is 5.92 Å². The van der Waals surface area contributed by atoms with E-state index in [1.54, 1.807) is 17.3 Å². The van der Waals surface area contributed by atoms with Gasteiger partial charge in [0.1, 0.15) is 0 Å². The molecule has 1 aliphatic heterocycles. The van der Waals surface area contributed by atoms with Gasteiger partial charge in [-0.05, 0) is 30.4 Å². The molecule has 1 aliphatic rings. The van der Waals surface area contributed by atoms with Crippen molar-refractivity contribution < 1.29 is 4.79 Å². The predicted molar refractivity (Wildman–Crippen MR) is 91.8 cm³/mol. The van der Waals surface area contributed by atoms with Crippen LogP contribution in [0.1, 0.15) is 36.2 Å². The quantitative estimate of drug-likeness (QED) is 0.922. The second kappa shape index (κ2) is 6.77. The molecule has 0 radical (unpaired) electrons. The van der Waals surface area contributed by atoms with E-state index >= 15 is 0 Å². The Balaban J connectivity index is 1.67. The molecule has 5 nitrogen and oxygen atoms in total. The number of nitrogens with zero attached hydrogens (tertiary/aromatic N) is 3. The highest BCUT2D eigenvalue weighted by atomic mass is 16.2. The summed E-state index contributed by atoms with van der Waals surface area (Å²) in [5, 5.41) is 3.18. The van der Waals surface area contributed by atoms with E-state index in [1.807, 2.05) is 18.2 Å². The van der Waals surface area contributed by atoms with Crippen LogP contribution in [0.15, 0.2) is 36.7 Å². The van der Waals surface area contributed by atoms with Crippen LogP contribution in [0.3, 0.4) is 0 Å². The van der Waals surface area contributed by atoms with Crippen LogP contribution in [0.4, 0.5) is 11.6 Å². The predicted octanol–water partition coefficient (Wildman–Crippen LogP) is 3.14. The summed E-state index contributed by atoms with van der Waals surface area (Å²) in [7, 11) is 0. The summed E-state index contributed by atoms with van der Waals surface area (Å²) < 4.78 is 0. The van der Waals surface area contributed by atoms with Gasteiger partial charge in [-0.2, -0.15) is 0 Å². The van der Waals surface area contributed by atoms with Crippen LogP contribution in [0.25, 0.3) is 0 Å². The lowest BCUT2D eigenvalue weighted by atomic mass is 10.1. The second-order valence-corrected chi connectivity index (χ2v) is 6.24. The fourth-order valence-electron chi connectivity index (χ4n) is 2.71. The molecule has 2 aromatic rings. The highest BCUT2D eigenvalue weighted by Gasteiger charge is 2.25. The van der Waals surface area contributed by atoms with E-state index in [1.165, 1.54) is 5.56 Å². The molecule has 0 spiro atoms. The molecular formula is C18H22N4O. The molecule has 0 fully saturated rings. The van der Waals surface area contributed by atoms with Gasteiger partial charge in [0.15, 0.2) is 0 Å². The third kappa shape index (κ3) is 3.50. The SMILES string of the molecule is CC(C)CCNc1ncc(C(=O)N2CCc3ccccc32)cn1. The Morgan fingerprint density at radius 2 is 2.00 bits per heavy atom. The van der Waals surface area contributed by atoms with Crippen molar-refractivity contribution in [3.8, 4) is 0 Å². The number of carbonyl (C=O) groups is 1. The Morgan fingerprint density at radius 3 is 2.74 bits per heavy atom. The molecule has 0 saturated carbocycles. The van der Waals surface area contributed by atoms with Crippen molar-refractivity contribution in [1.82, 2.24) is 9.97 Å². The first-order valence-corrected chi connectivity index (χ1v) is 8.11. The molecule has 3 rings (SSSR count). The molecule has 0 bridgehead atoms. The van der Waals surface area contributed by atoms with Gasteiger partial charge in [0.05, 0.1) is 5.56 Å². The minimum Gasteiger partial charge on any atom is -0.354 e. The van der Waals surface area contributed by atoms with Crippen LogP contribution in [-0.2, 0) is 6.42 Å². The molecule has 0 saturated heterocycles. The molecule has 23 heavy (non-hydrogen) atoms. The van der Waals surface area contributed by atoms with E-state index in [-0.39, 0.29) is 5.91 Å². The van der Waals surface area contributed by atoms with Crippen LogP contribution in [-0.4, -0.2) is 29.0 Å². The van der Waals surface area contributed by atoms with Crippen molar-refractivity contribution in [3.05, 3.63) is 47.8 Å². The van der Waals surface area contributed by atoms with Crippen molar-refractivity contribution >= 4 is 17.5 Å². The summed E-state index contributed by atoms with van der Waals surface area (Å²) in [6.45, 7) is 5.91. The first-order valence-electron chi connectivity index (χ1n) is 8.11. The van der Waals surface area contributed by atoms with Gasteiger partial charge in [-0.1, -0.05) is 32.0 Å². The number of hydrogen-bond acceptors (Lipinski definition) is 4. The van der Waals surface area contributed by atoms with Gasteiger partial charge >= 0.3 is 0 Å². The lowest BCUT2D eigenvalue weighted by molar-refractivity contribution is 0.0988. The number of carbonyl (C=O) groups excluding carboxylic acids is 1. The Hall–Kier alpha value is -2.43. The summed E-state index contributed by atoms with van der Waals surface area (Å²) in [5.74, 6) is 1.17. The standard InChI is InChI=1S/C18H22N4O/c1-13(2)7-9-19-18-20-11-15(12-21-18)17(23)22-10-8-14-5-3-4-6-16(14)22/h3-6,11-13H,7-10H2,1-2H3,(H,19,20,21). The minimum absolute atomic E-state index is 0.0383. The monoisotopic (exact) mass is 310 g/mol. The highest BCUT2D eigenvalue weighted by Crippen LogP contribution is 2.28. The van der Waals surface area contributed by atoms with Crippen molar-refractivity contribution in [2.45, 2.75) is 26.7 Å². The van der Waals surface area contributed by atoms with E-state index in [4.69, 9.17) is 0 Å². The molecule has 5 heteroatoms. The molecule has 0 atom stereocenters. The van der Waals surface area contributed by atoms with Crippen LogP contribution in [0, 0.1) is 5.92 Å². The fourth-order valence-corrected chi connectivity index (χ4v) is 2.71. The summed E-state index contributed by atoms with van der Waals surface area (Å²) in [6.07, 6.45) is 5.17. The molecule has 1 aromatic heterocycles. The first-order chi connectivity index (χ1) is 11.1. The summed E-state index contributed by atoms with van der Waals surface area (Å²) >= 11 is 0. The van der Waals surface area contributed by atoms with E-state index in [2.05, 4.69) is 35.2 Å². The summed E-state index contributed by atoms with van der Waals surface area (Å²) in [4.78, 5) is 23.0. The van der Waals surface area contributed by atoms with Gasteiger partial charge in [0, 0.05) is 31.2 Å². The van der Waals surface area contributed by atoms with Crippen LogP contribution in [0.2, 0.25) is 0 Å². The fraction of sp³-hybridized carbons (Fsp3) is 0.389. The van der Waals surface area contributed by atoms with Crippen LogP contribution in [0.5, 0.6) is 0 Å². The summed E-state index contributed by atoms with van der Waals surface area (Å²) in [6, 6.07) is 8.03. The second-order valence-electron chi connectivity index (χ2n) is 6.24. The topological polar surface area (TPSA) is 58.1 Å². The number of hydrogen-bond donors (Lipinski definition) is 1. The third-order valence-corrected chi connectivity index (χ3v) is 4.04. The van der Waals surface area contributed by atoms with E-state index in [0.29, 0.717) is 24.0 Å². The molecule has 120 valence electrons. The molecule has 1 amide bonds. The number of benzene rings is 1. The number of para-hydroxylation sites is 1. The van der Waals surface area contributed by atoms with Gasteiger partial charge in [0.2, 0.25) is 5.95 Å². The number of rotatable bonds is 5. The largest absolute Gasteiger partial charge is 0.354 e. The first kappa shape index (κ1) is 15.5. The number of nitrogens with one attached hydrogen (secondary N) is 1. The smallest absolute Gasteiger partial charge is 0.261 e. The van der Waals surface area contributed by atoms with Gasteiger partial charge in [-0.15, -0.1) is 0 Å². The average molecular weight is 310 g/mol. The number of aromatic nitrogens is 2.